The maximum Gasteiger partial charge on any atom is 0.138 e. The van der Waals surface area contributed by atoms with Crippen molar-refractivity contribution in [1.82, 2.24) is 14.8 Å². The van der Waals surface area contributed by atoms with Crippen LogP contribution in [0.15, 0.2) is 6.33 Å². The third kappa shape index (κ3) is 2.22. The van der Waals surface area contributed by atoms with Crippen LogP contribution in [0.3, 0.4) is 0 Å². The van der Waals surface area contributed by atoms with Gasteiger partial charge in [-0.25, -0.2) is 4.98 Å². The topological polar surface area (TPSA) is 30.7 Å². The molecule has 0 aromatic carbocycles. The predicted octanol–water partition coefficient (Wildman–Crippen LogP) is 1.16. The first-order valence-corrected chi connectivity index (χ1v) is 4.49. The first-order chi connectivity index (χ1) is 5.38. The van der Waals surface area contributed by atoms with Crippen molar-refractivity contribution in [2.45, 2.75) is 26.3 Å². The summed E-state index contributed by atoms with van der Waals surface area (Å²) < 4.78 is 1.92. The summed E-state index contributed by atoms with van der Waals surface area (Å²) in [7, 11) is 0. The van der Waals surface area contributed by atoms with Gasteiger partial charge in [-0.15, -0.1) is 0 Å². The highest BCUT2D eigenvalue weighted by molar-refractivity contribution is 7.80. The number of rotatable bonds is 4. The molecule has 0 N–H and O–H groups in total. The number of hydrogen-bond acceptors (Lipinski definition) is 3. The Hall–Kier alpha value is -0.510. The van der Waals surface area contributed by atoms with Crippen molar-refractivity contribution in [2.24, 2.45) is 0 Å². The molecule has 0 aliphatic heterocycles. The first-order valence-electron chi connectivity index (χ1n) is 3.86. The van der Waals surface area contributed by atoms with E-state index in [9.17, 15) is 0 Å². The quantitative estimate of drug-likeness (QED) is 0.689. The number of hydrogen-bond donors (Lipinski definition) is 1. The van der Waals surface area contributed by atoms with Crippen LogP contribution in [0.4, 0.5) is 0 Å². The molecule has 0 aliphatic rings. The summed E-state index contributed by atoms with van der Waals surface area (Å²) in [5, 5.41) is 4.07. The van der Waals surface area contributed by atoms with Gasteiger partial charge in [0.1, 0.15) is 12.2 Å². The Morgan fingerprint density at radius 3 is 3.09 bits per heavy atom. The van der Waals surface area contributed by atoms with E-state index in [1.54, 1.807) is 6.33 Å². The van der Waals surface area contributed by atoms with Gasteiger partial charge in [0.15, 0.2) is 0 Å². The number of aryl methyl sites for hydroxylation is 2. The molecule has 3 nitrogen and oxygen atoms in total. The Morgan fingerprint density at radius 2 is 2.45 bits per heavy atom. The van der Waals surface area contributed by atoms with Crippen molar-refractivity contribution in [3.05, 3.63) is 12.2 Å². The second-order valence-electron chi connectivity index (χ2n) is 2.32. The van der Waals surface area contributed by atoms with E-state index in [4.69, 9.17) is 0 Å². The van der Waals surface area contributed by atoms with Crippen LogP contribution in [0.2, 0.25) is 0 Å². The Morgan fingerprint density at radius 1 is 1.64 bits per heavy atom. The minimum Gasteiger partial charge on any atom is -0.250 e. The summed E-state index contributed by atoms with van der Waals surface area (Å²) in [6.07, 6.45) is 3.66. The molecule has 0 radical (unpaired) electrons. The lowest BCUT2D eigenvalue weighted by Gasteiger charge is -1.99. The molecule has 0 saturated carbocycles. The fraction of sp³-hybridized carbons (Fsp3) is 0.714. The van der Waals surface area contributed by atoms with Crippen LogP contribution in [0, 0.1) is 0 Å². The van der Waals surface area contributed by atoms with E-state index in [2.05, 4.69) is 29.6 Å². The number of aromatic nitrogens is 3. The highest BCUT2D eigenvalue weighted by Crippen LogP contribution is 1.98. The van der Waals surface area contributed by atoms with E-state index in [1.165, 1.54) is 0 Å². The third-order valence-electron chi connectivity index (χ3n) is 1.55. The summed E-state index contributed by atoms with van der Waals surface area (Å²) in [5.41, 5.74) is 0. The number of nitrogens with zero attached hydrogens (tertiary/aromatic N) is 3. The summed E-state index contributed by atoms with van der Waals surface area (Å²) >= 11 is 4.14. The van der Waals surface area contributed by atoms with E-state index in [1.807, 2.05) is 4.68 Å². The molecule has 0 aliphatic carbocycles. The molecule has 0 atom stereocenters. The van der Waals surface area contributed by atoms with E-state index in [-0.39, 0.29) is 0 Å². The Kier molecular flexibility index (Phi) is 3.42. The lowest BCUT2D eigenvalue weighted by molar-refractivity contribution is 0.610. The molecule has 0 unspecified atom stereocenters. The molecule has 0 spiro atoms. The maximum absolute atomic E-state index is 4.14. The molecule has 0 bridgehead atoms. The highest BCUT2D eigenvalue weighted by atomic mass is 32.1. The largest absolute Gasteiger partial charge is 0.250 e. The lowest BCUT2D eigenvalue weighted by atomic mass is 10.3. The van der Waals surface area contributed by atoms with Gasteiger partial charge in [-0.05, 0) is 19.1 Å². The molecule has 0 fully saturated rings. The van der Waals surface area contributed by atoms with Crippen LogP contribution in [-0.4, -0.2) is 20.5 Å². The van der Waals surface area contributed by atoms with Gasteiger partial charge in [0.2, 0.25) is 0 Å². The zero-order valence-corrected chi connectivity index (χ0v) is 7.59. The van der Waals surface area contributed by atoms with Crippen molar-refractivity contribution in [1.29, 1.82) is 0 Å². The van der Waals surface area contributed by atoms with Crippen LogP contribution in [0.1, 0.15) is 19.2 Å². The minimum atomic E-state index is 0.905. The average Bonchev–Trinajstić information content (AvgIpc) is 2.47. The molecule has 0 amide bonds. The van der Waals surface area contributed by atoms with Crippen LogP contribution in [0.25, 0.3) is 0 Å². The van der Waals surface area contributed by atoms with Crippen LogP contribution < -0.4 is 0 Å². The van der Waals surface area contributed by atoms with Crippen molar-refractivity contribution < 1.29 is 0 Å². The summed E-state index contributed by atoms with van der Waals surface area (Å²) in [4.78, 5) is 4.14. The summed E-state index contributed by atoms with van der Waals surface area (Å²) in [6, 6.07) is 0. The van der Waals surface area contributed by atoms with Gasteiger partial charge in [-0.3, -0.25) is 4.68 Å². The van der Waals surface area contributed by atoms with Crippen molar-refractivity contribution >= 4 is 12.6 Å². The molecule has 0 saturated heterocycles. The standard InChI is InChI=1S/C7H13N3S/c1-2-10-7(4-3-5-11)8-6-9-10/h6,11H,2-5H2,1H3. The Labute approximate surface area is 72.2 Å². The van der Waals surface area contributed by atoms with Gasteiger partial charge in [-0.1, -0.05) is 0 Å². The molecular weight excluding hydrogens is 158 g/mol. The minimum absolute atomic E-state index is 0.905. The monoisotopic (exact) mass is 171 g/mol. The molecule has 11 heavy (non-hydrogen) atoms. The lowest BCUT2D eigenvalue weighted by Crippen LogP contribution is -2.03. The van der Waals surface area contributed by atoms with E-state index in [0.717, 1.165) is 31.0 Å². The van der Waals surface area contributed by atoms with Crippen molar-refractivity contribution in [3.63, 3.8) is 0 Å². The first kappa shape index (κ1) is 8.59. The van der Waals surface area contributed by atoms with Crippen molar-refractivity contribution in [3.8, 4) is 0 Å². The Balaban J connectivity index is 2.54. The molecule has 1 aromatic heterocycles. The van der Waals surface area contributed by atoms with Gasteiger partial charge in [0.25, 0.3) is 0 Å². The molecule has 1 rings (SSSR count). The molecule has 1 heterocycles. The zero-order valence-electron chi connectivity index (χ0n) is 6.69. The fourth-order valence-electron chi connectivity index (χ4n) is 0.983. The molecular formula is C7H13N3S. The van der Waals surface area contributed by atoms with Gasteiger partial charge in [0, 0.05) is 13.0 Å². The molecule has 62 valence electrons. The number of thiol groups is 1. The van der Waals surface area contributed by atoms with Gasteiger partial charge in [-0.2, -0.15) is 17.7 Å². The average molecular weight is 171 g/mol. The fourth-order valence-corrected chi connectivity index (χ4v) is 1.14. The zero-order chi connectivity index (χ0) is 8.10. The van der Waals surface area contributed by atoms with Crippen molar-refractivity contribution in [2.75, 3.05) is 5.75 Å². The normalized spacial score (nSPS) is 10.4. The van der Waals surface area contributed by atoms with Gasteiger partial charge < -0.3 is 0 Å². The van der Waals surface area contributed by atoms with E-state index in [0.29, 0.717) is 0 Å². The maximum atomic E-state index is 4.14. The predicted molar refractivity (Wildman–Crippen MR) is 47.9 cm³/mol. The summed E-state index contributed by atoms with van der Waals surface area (Å²) in [5.74, 6) is 1.98. The smallest absolute Gasteiger partial charge is 0.138 e. The van der Waals surface area contributed by atoms with E-state index >= 15 is 0 Å². The van der Waals surface area contributed by atoms with Crippen LogP contribution >= 0.6 is 12.6 Å². The summed E-state index contributed by atoms with van der Waals surface area (Å²) in [6.45, 7) is 2.97. The van der Waals surface area contributed by atoms with Crippen LogP contribution in [-0.2, 0) is 13.0 Å². The SMILES string of the molecule is CCn1ncnc1CCCS. The molecule has 4 heteroatoms. The van der Waals surface area contributed by atoms with E-state index < -0.39 is 0 Å². The second kappa shape index (κ2) is 4.38. The Bertz CT molecular complexity index is 209. The van der Waals surface area contributed by atoms with Gasteiger partial charge >= 0.3 is 0 Å². The second-order valence-corrected chi connectivity index (χ2v) is 2.77. The van der Waals surface area contributed by atoms with Crippen LogP contribution in [0.5, 0.6) is 0 Å². The molecule has 1 aromatic rings. The highest BCUT2D eigenvalue weighted by Gasteiger charge is 1.99. The van der Waals surface area contributed by atoms with Gasteiger partial charge in [0.05, 0.1) is 0 Å². The third-order valence-corrected chi connectivity index (χ3v) is 1.87.